The van der Waals surface area contributed by atoms with Gasteiger partial charge in [-0.3, -0.25) is 0 Å². The maximum atomic E-state index is 2.51. The van der Waals surface area contributed by atoms with Crippen LogP contribution >= 0.6 is 45.7 Å². The number of hydrogen-bond donors (Lipinski definition) is 0. The van der Waals surface area contributed by atoms with E-state index in [9.17, 15) is 0 Å². The maximum Gasteiger partial charge on any atom is 0.0311 e. The van der Waals surface area contributed by atoms with Gasteiger partial charge < -0.3 is 0 Å². The Bertz CT molecular complexity index is 565. The predicted octanol–water partition coefficient (Wildman–Crippen LogP) is 6.06. The third kappa shape index (κ3) is 5.40. The van der Waals surface area contributed by atoms with Crippen molar-refractivity contribution >= 4 is 45.7 Å². The molecule has 1 aromatic rings. The fraction of sp³-hybridized carbons (Fsp3) is 0.824. The van der Waals surface area contributed by atoms with E-state index in [0.29, 0.717) is 0 Å². The molecule has 0 atom stereocenters. The van der Waals surface area contributed by atoms with Gasteiger partial charge in [0.1, 0.15) is 0 Å². The van der Waals surface area contributed by atoms with E-state index in [-0.39, 0.29) is 0 Å². The first-order valence-electron chi connectivity index (χ1n) is 8.94. The molecule has 3 nitrogen and oxygen atoms in total. The molecular weight excluding hydrogens is 695 g/mol. The summed E-state index contributed by atoms with van der Waals surface area (Å²) in [6, 6.07) is 2.50. The number of hydrogen-bond acceptors (Lipinski definition) is 1. The summed E-state index contributed by atoms with van der Waals surface area (Å²) in [5, 5.41) is 0. The number of aromatic nitrogens is 2. The molecule has 0 radical (unpaired) electrons. The van der Waals surface area contributed by atoms with E-state index < -0.39 is 0 Å². The first-order chi connectivity index (χ1) is 11.1. The zero-order valence-electron chi connectivity index (χ0n) is 13.8. The van der Waals surface area contributed by atoms with Gasteiger partial charge in [0.05, 0.1) is 0 Å². The van der Waals surface area contributed by atoms with Crippen LogP contribution in [0.2, 0.25) is 0 Å². The van der Waals surface area contributed by atoms with E-state index >= 15 is 0 Å². The van der Waals surface area contributed by atoms with Gasteiger partial charge in [-0.25, -0.2) is 0 Å². The summed E-state index contributed by atoms with van der Waals surface area (Å²) in [7, 11) is 0. The van der Waals surface area contributed by atoms with E-state index in [0.717, 1.165) is 18.1 Å². The topological polar surface area (TPSA) is 13.1 Å². The van der Waals surface area contributed by atoms with Gasteiger partial charge in [-0.15, -0.1) is 0 Å². The van der Waals surface area contributed by atoms with Crippen molar-refractivity contribution in [1.82, 2.24) is 10.5 Å². The van der Waals surface area contributed by atoms with Crippen molar-refractivity contribution in [3.8, 4) is 0 Å². The molecular formula is C17H27I2N3Pt. The first-order valence-corrected chi connectivity index (χ1v) is 12.0. The normalized spacial score (nSPS) is 22.7. The maximum absolute atomic E-state index is 2.51. The quantitative estimate of drug-likeness (QED) is 0.210. The molecule has 3 fully saturated rings. The van der Waals surface area contributed by atoms with Gasteiger partial charge in [-0.1, -0.05) is 25.7 Å². The van der Waals surface area contributed by atoms with Crippen LogP contribution < -0.4 is 0 Å². The summed E-state index contributed by atoms with van der Waals surface area (Å²) in [4.78, 5) is 0. The van der Waals surface area contributed by atoms with Crippen LogP contribution in [0, 0.1) is 10.7 Å². The van der Waals surface area contributed by atoms with Crippen LogP contribution in [-0.2, 0) is 19.4 Å². The molecule has 0 N–H and O–H groups in total. The van der Waals surface area contributed by atoms with Crippen molar-refractivity contribution in [3.63, 3.8) is 0 Å². The third-order valence-corrected chi connectivity index (χ3v) is 7.75. The van der Waals surface area contributed by atoms with Gasteiger partial charge in [0.25, 0.3) is 0 Å². The molecule has 0 aromatic carbocycles. The number of aryl methyl sites for hydroxylation is 1. The molecule has 4 rings (SSSR count). The summed E-state index contributed by atoms with van der Waals surface area (Å²) in [6.07, 6.45) is 16.5. The first kappa shape index (κ1) is 19.1. The van der Waals surface area contributed by atoms with Gasteiger partial charge in [0.15, 0.2) is 0 Å². The zero-order valence-corrected chi connectivity index (χ0v) is 20.4. The summed E-state index contributed by atoms with van der Waals surface area (Å²) < 4.78 is 8.75. The molecule has 0 bridgehead atoms. The second-order valence-electron chi connectivity index (χ2n) is 7.16. The van der Waals surface area contributed by atoms with Crippen molar-refractivity contribution < 1.29 is 19.4 Å². The van der Waals surface area contributed by atoms with Crippen LogP contribution in [-0.4, -0.2) is 16.5 Å². The Hall–Kier alpha value is 1.32. The minimum atomic E-state index is 0.825. The minimum Gasteiger partial charge on any atom is -0.185 e. The average molecular weight is 722 g/mol. The van der Waals surface area contributed by atoms with Gasteiger partial charge >= 0.3 is 88.9 Å². The second kappa shape index (κ2) is 8.81. The molecule has 0 spiro atoms. The average Bonchev–Trinajstić information content (AvgIpc) is 3.40. The van der Waals surface area contributed by atoms with Crippen LogP contribution in [0.15, 0.2) is 6.20 Å². The van der Waals surface area contributed by atoms with Gasteiger partial charge in [0, 0.05) is 51.8 Å². The Morgan fingerprint density at radius 3 is 2.00 bits per heavy atom. The molecule has 0 aliphatic heterocycles. The summed E-state index contributed by atoms with van der Waals surface area (Å²) in [5.74, 6) is 0. The number of imidazole rings is 1. The van der Waals surface area contributed by atoms with E-state index in [1.807, 2.05) is 0 Å². The summed E-state index contributed by atoms with van der Waals surface area (Å²) >= 11 is 7.28. The van der Waals surface area contributed by atoms with Crippen molar-refractivity contribution in [2.24, 2.45) is 0 Å². The Kier molecular flexibility index (Phi) is 7.31. The van der Waals surface area contributed by atoms with E-state index in [4.69, 9.17) is 0 Å². The smallest absolute Gasteiger partial charge is 0.0311 e. The summed E-state index contributed by atoms with van der Waals surface area (Å²) in [6.45, 7) is 2.24. The van der Waals surface area contributed by atoms with E-state index in [1.165, 1.54) is 73.7 Å². The molecule has 1 aromatic heterocycles. The van der Waals surface area contributed by atoms with Crippen LogP contribution in [0.5, 0.6) is 0 Å². The molecule has 3 aliphatic rings. The monoisotopic (exact) mass is 722 g/mol. The van der Waals surface area contributed by atoms with Crippen LogP contribution in [0.25, 0.3) is 0 Å². The number of halogens is 2. The molecule has 0 unspecified atom stereocenters. The van der Waals surface area contributed by atoms with Crippen molar-refractivity contribution in [1.29, 1.82) is 0 Å². The SMILES string of the molecule is Cc1cn(C2CC2)[c](=[Pt])n1C1CC1.IN(I)C1CCCCCC1. The van der Waals surface area contributed by atoms with Crippen molar-refractivity contribution in [2.45, 2.75) is 89.3 Å². The number of nitrogens with zero attached hydrogens (tertiary/aromatic N) is 3. The molecule has 6 heteroatoms. The van der Waals surface area contributed by atoms with E-state index in [1.54, 1.807) is 0 Å². The van der Waals surface area contributed by atoms with Crippen molar-refractivity contribution in [3.05, 3.63) is 15.7 Å². The molecule has 0 amide bonds. The third-order valence-electron chi connectivity index (χ3n) is 5.04. The van der Waals surface area contributed by atoms with E-state index in [2.05, 4.69) is 88.7 Å². The fourth-order valence-corrected chi connectivity index (χ4v) is 5.87. The van der Waals surface area contributed by atoms with Gasteiger partial charge in [-0.05, 0) is 12.8 Å². The Morgan fingerprint density at radius 1 is 0.957 bits per heavy atom. The molecule has 134 valence electrons. The van der Waals surface area contributed by atoms with Crippen LogP contribution in [0.3, 0.4) is 0 Å². The largest absolute Gasteiger partial charge is 0.185 e. The molecule has 3 aliphatic carbocycles. The molecule has 0 saturated heterocycles. The standard InChI is InChI=1S/C10H14N2.C7H13I2N.Pt/c1-8-6-11(9-2-3-9)7-12(8)10-4-5-10;8-10(9)7-5-3-1-2-4-6-7;/h6,9-10H,2-5H2,1H3;7H,1-6H2;. The van der Waals surface area contributed by atoms with Gasteiger partial charge in [-0.2, -0.15) is 1.33 Å². The molecule has 1 heterocycles. The van der Waals surface area contributed by atoms with Crippen LogP contribution in [0.4, 0.5) is 0 Å². The van der Waals surface area contributed by atoms with Crippen molar-refractivity contribution in [2.75, 3.05) is 0 Å². The molecule has 23 heavy (non-hydrogen) atoms. The number of rotatable bonds is 3. The minimum absolute atomic E-state index is 0.825. The van der Waals surface area contributed by atoms with Gasteiger partial charge in [0.2, 0.25) is 0 Å². The molecule has 3 saturated carbocycles. The second-order valence-corrected chi connectivity index (χ2v) is 12.1. The predicted molar refractivity (Wildman–Crippen MR) is 108 cm³/mol. The van der Waals surface area contributed by atoms with Crippen LogP contribution in [0.1, 0.15) is 82.0 Å². The Balaban J connectivity index is 0.000000142. The summed E-state index contributed by atoms with van der Waals surface area (Å²) in [5.41, 5.74) is 1.44. The Labute approximate surface area is 179 Å². The Morgan fingerprint density at radius 2 is 1.52 bits per heavy atom. The zero-order chi connectivity index (χ0) is 16.4. The fourth-order valence-electron chi connectivity index (χ4n) is 3.38.